The summed E-state index contributed by atoms with van der Waals surface area (Å²) in [6.45, 7) is 10.4. The molecule has 2 aliphatic heterocycles. The zero-order chi connectivity index (χ0) is 43.8. The van der Waals surface area contributed by atoms with Gasteiger partial charge < -0.3 is 29.2 Å². The maximum atomic E-state index is 13.7. The van der Waals surface area contributed by atoms with Crippen molar-refractivity contribution >= 4 is 53.9 Å². The van der Waals surface area contributed by atoms with E-state index in [1.54, 1.807) is 48.4 Å². The normalized spacial score (nSPS) is 16.5. The molecule has 0 bridgehead atoms. The Morgan fingerprint density at radius 2 is 1.72 bits per heavy atom. The molecule has 4 aromatic rings. The average molecular weight is 864 g/mol. The van der Waals surface area contributed by atoms with Gasteiger partial charge in [0.15, 0.2) is 6.29 Å². The number of para-hydroxylation sites is 1. The van der Waals surface area contributed by atoms with E-state index in [1.165, 1.54) is 62.1 Å². The van der Waals surface area contributed by atoms with Gasteiger partial charge in [-0.05, 0) is 138 Å². The number of likely N-dealkylation sites (tertiary alicyclic amines) is 2. The third-order valence-corrected chi connectivity index (χ3v) is 13.4. The van der Waals surface area contributed by atoms with E-state index in [0.717, 1.165) is 60.6 Å². The number of ether oxygens (including phenoxy) is 1. The highest BCUT2D eigenvalue weighted by molar-refractivity contribution is 7.56. The van der Waals surface area contributed by atoms with Crippen molar-refractivity contribution in [1.29, 1.82) is 0 Å². The Morgan fingerprint density at radius 1 is 1.02 bits per heavy atom. The number of aldehydes is 2. The third-order valence-electron chi connectivity index (χ3n) is 10.3. The molecule has 7 rings (SSSR count). The van der Waals surface area contributed by atoms with Crippen LogP contribution < -0.4 is 14.9 Å². The molecule has 0 radical (unpaired) electrons. The summed E-state index contributed by atoms with van der Waals surface area (Å²) in [6.07, 6.45) is 15.9. The van der Waals surface area contributed by atoms with E-state index >= 15 is 0 Å². The molecule has 1 aliphatic carbocycles. The average Bonchev–Trinajstić information content (AvgIpc) is 3.64. The Bertz CT molecular complexity index is 1900. The molecule has 1 amide bonds. The molecule has 2 N–H and O–H groups in total. The Hall–Kier alpha value is -4.26. The number of carbonyl (C=O) groups is 4. The number of thiophene rings is 1. The van der Waals surface area contributed by atoms with Crippen LogP contribution >= 0.6 is 18.9 Å². The molecule has 2 aromatic heterocycles. The van der Waals surface area contributed by atoms with Crippen molar-refractivity contribution in [3.63, 3.8) is 0 Å². The highest BCUT2D eigenvalue weighted by Crippen LogP contribution is 2.52. The van der Waals surface area contributed by atoms with Crippen molar-refractivity contribution in [2.24, 2.45) is 5.41 Å². The van der Waals surface area contributed by atoms with Gasteiger partial charge >= 0.3 is 13.5 Å². The standard InChI is InChI=1S/C22H24NO5PS.C9H10N2O.C8H14O.C5H11N.C2H7N/c1-3-11-27-22(25)16(2)23-29(26,28-19-7-5-4-6-8-19)15-17-9-10-21-18(12-17)13-20(14-24)30-21;12-7-11-5-9(6-11)8-2-1-3-10-4-8;1-2-8(5-6-8)4-3-7-9;1-6-4-2-3-5-6;1-3-2/h4-10,12-14,16H,3,11,15H2,1-2H3,(H,23,26);1-4,7,9H,5-6H2;7H,2-6H2,1H3;2-5H2,1H3;3H,1-2H3. The fourth-order valence-corrected chi connectivity index (χ4v) is 9.47. The summed E-state index contributed by atoms with van der Waals surface area (Å²) in [4.78, 5) is 52.3. The van der Waals surface area contributed by atoms with E-state index in [1.807, 2.05) is 57.5 Å². The third kappa shape index (κ3) is 17.8. The van der Waals surface area contributed by atoms with Crippen LogP contribution in [0.4, 0.5) is 0 Å². The maximum Gasteiger partial charge on any atom is 0.323 e. The number of pyridine rings is 1. The summed E-state index contributed by atoms with van der Waals surface area (Å²) in [6, 6.07) is 19.5. The lowest BCUT2D eigenvalue weighted by molar-refractivity contribution is -0.145. The van der Waals surface area contributed by atoms with Crippen molar-refractivity contribution in [2.45, 2.75) is 90.3 Å². The highest BCUT2D eigenvalue weighted by atomic mass is 32.1. The minimum Gasteiger partial charge on any atom is -0.465 e. The quantitative estimate of drug-likeness (QED) is 0.0633. The number of amides is 1. The monoisotopic (exact) mass is 863 g/mol. The summed E-state index contributed by atoms with van der Waals surface area (Å²) in [5, 5.41) is 6.52. The molecule has 14 heteroatoms. The first kappa shape index (κ1) is 50.1. The van der Waals surface area contributed by atoms with Crippen LogP contribution in [0.1, 0.15) is 98.9 Å². The Kier molecular flexibility index (Phi) is 22.4. The molecule has 12 nitrogen and oxygen atoms in total. The Morgan fingerprint density at radius 3 is 2.25 bits per heavy atom. The van der Waals surface area contributed by atoms with Crippen LogP contribution in [0.3, 0.4) is 0 Å². The number of esters is 1. The highest BCUT2D eigenvalue weighted by Gasteiger charge is 2.39. The van der Waals surface area contributed by atoms with Gasteiger partial charge in [0.25, 0.3) is 0 Å². The molecule has 3 fully saturated rings. The van der Waals surface area contributed by atoms with Crippen molar-refractivity contribution < 1.29 is 33.0 Å². The van der Waals surface area contributed by atoms with Crippen LogP contribution in [0.15, 0.2) is 79.1 Å². The number of nitrogens with one attached hydrogen (secondary N) is 2. The van der Waals surface area contributed by atoms with Crippen molar-refractivity contribution in [3.8, 4) is 5.75 Å². The zero-order valence-corrected chi connectivity index (χ0v) is 38.1. The molecule has 0 spiro atoms. The van der Waals surface area contributed by atoms with Gasteiger partial charge in [0.05, 0.1) is 17.6 Å². The predicted octanol–water partition coefficient (Wildman–Crippen LogP) is 8.76. The van der Waals surface area contributed by atoms with E-state index < -0.39 is 19.5 Å². The maximum absolute atomic E-state index is 13.7. The van der Waals surface area contributed by atoms with E-state index in [9.17, 15) is 23.7 Å². The molecular formula is C46H66N5O7PS. The van der Waals surface area contributed by atoms with Gasteiger partial charge in [-0.3, -0.25) is 23.9 Å². The molecule has 3 aliphatic rings. The second-order valence-electron chi connectivity index (χ2n) is 15.5. The lowest BCUT2D eigenvalue weighted by Gasteiger charge is -2.36. The number of nitrogens with zero attached hydrogens (tertiary/aromatic N) is 3. The number of rotatable bonds is 16. The van der Waals surface area contributed by atoms with Gasteiger partial charge in [-0.15, -0.1) is 11.3 Å². The summed E-state index contributed by atoms with van der Waals surface area (Å²) in [7, 11) is 2.42. The first-order valence-corrected chi connectivity index (χ1v) is 23.6. The number of hydrogen-bond acceptors (Lipinski definition) is 11. The van der Waals surface area contributed by atoms with Gasteiger partial charge in [-0.2, -0.15) is 0 Å². The van der Waals surface area contributed by atoms with Gasteiger partial charge in [0, 0.05) is 42.5 Å². The number of hydrogen-bond donors (Lipinski definition) is 2. The van der Waals surface area contributed by atoms with Crippen molar-refractivity contribution in [3.05, 3.63) is 95.1 Å². The topological polar surface area (TPSA) is 147 Å². The smallest absolute Gasteiger partial charge is 0.323 e. The fraction of sp³-hybridized carbons (Fsp3) is 0.500. The largest absolute Gasteiger partial charge is 0.465 e. The molecule has 2 aromatic carbocycles. The first-order chi connectivity index (χ1) is 29.0. The molecule has 2 atom stereocenters. The number of benzene rings is 2. The molecule has 60 heavy (non-hydrogen) atoms. The van der Waals surface area contributed by atoms with Gasteiger partial charge in [-0.25, -0.2) is 5.09 Å². The first-order valence-electron chi connectivity index (χ1n) is 21.0. The molecule has 2 saturated heterocycles. The van der Waals surface area contributed by atoms with Gasteiger partial charge in [0.2, 0.25) is 6.41 Å². The van der Waals surface area contributed by atoms with Crippen LogP contribution in [0.5, 0.6) is 5.75 Å². The lowest BCUT2D eigenvalue weighted by atomic mass is 9.94. The molecule has 2 unspecified atom stereocenters. The minimum absolute atomic E-state index is 0.0789. The van der Waals surface area contributed by atoms with Crippen LogP contribution in [0.2, 0.25) is 0 Å². The SMILES string of the molecule is CCC1(CCC=O)CC1.CCCOC(=O)C(C)NP(=O)(Cc1ccc2sc(C=O)cc2c1)Oc1ccccc1.CN1CCCC1.CNC.O=CN1CC(c2cccnc2)C1. The van der Waals surface area contributed by atoms with E-state index in [0.29, 0.717) is 35.0 Å². The van der Waals surface area contributed by atoms with Gasteiger partial charge in [0.1, 0.15) is 18.1 Å². The summed E-state index contributed by atoms with van der Waals surface area (Å²) in [5.41, 5.74) is 2.62. The van der Waals surface area contributed by atoms with E-state index in [-0.39, 0.29) is 6.16 Å². The van der Waals surface area contributed by atoms with Crippen LogP contribution in [-0.4, -0.2) is 99.7 Å². The van der Waals surface area contributed by atoms with E-state index in [2.05, 4.69) is 40.3 Å². The molecule has 328 valence electrons. The second kappa shape index (κ2) is 26.8. The van der Waals surface area contributed by atoms with Crippen molar-refractivity contribution in [2.75, 3.05) is 53.9 Å². The number of carbonyl (C=O) groups excluding carboxylic acids is 4. The fourth-order valence-electron chi connectivity index (χ4n) is 6.57. The van der Waals surface area contributed by atoms with Crippen LogP contribution in [-0.2, 0) is 29.8 Å². The molecular weight excluding hydrogens is 798 g/mol. The number of fused-ring (bicyclic) bond motifs is 1. The van der Waals surface area contributed by atoms with Crippen LogP contribution in [0.25, 0.3) is 10.1 Å². The van der Waals surface area contributed by atoms with Gasteiger partial charge in [-0.1, -0.05) is 50.6 Å². The predicted molar refractivity (Wildman–Crippen MR) is 243 cm³/mol. The van der Waals surface area contributed by atoms with Crippen molar-refractivity contribution in [1.82, 2.24) is 25.2 Å². The Balaban J connectivity index is 0.000000257. The summed E-state index contributed by atoms with van der Waals surface area (Å²) in [5.74, 6) is 0.476. The van der Waals surface area contributed by atoms with E-state index in [4.69, 9.17) is 9.26 Å². The second-order valence-corrected chi connectivity index (χ2v) is 18.7. The summed E-state index contributed by atoms with van der Waals surface area (Å²) < 4.78 is 25.7. The number of aromatic nitrogens is 1. The minimum atomic E-state index is -3.50. The zero-order valence-electron chi connectivity index (χ0n) is 36.3. The molecule has 1 saturated carbocycles. The summed E-state index contributed by atoms with van der Waals surface area (Å²) >= 11 is 1.40. The van der Waals surface area contributed by atoms with Crippen LogP contribution in [0, 0.1) is 5.41 Å². The lowest BCUT2D eigenvalue weighted by Crippen LogP contribution is -2.43. The Labute approximate surface area is 361 Å². The molecule has 4 heterocycles.